The Morgan fingerprint density at radius 3 is 2.68 bits per heavy atom. The molecule has 5 nitrogen and oxygen atoms in total. The molecule has 0 bridgehead atoms. The second kappa shape index (κ2) is 8.78. The number of amides is 1. The van der Waals surface area contributed by atoms with Crippen LogP contribution in [0.15, 0.2) is 42.5 Å². The van der Waals surface area contributed by atoms with E-state index in [9.17, 15) is 13.2 Å². The first-order valence-corrected chi connectivity index (χ1v) is 11.4. The number of rotatable bonds is 6. The minimum atomic E-state index is -3.30. The van der Waals surface area contributed by atoms with E-state index < -0.39 is 10.0 Å². The van der Waals surface area contributed by atoms with E-state index in [-0.39, 0.29) is 11.7 Å². The lowest BCUT2D eigenvalue weighted by molar-refractivity contribution is 0.0953. The normalized spacial score (nSPS) is 16.0. The van der Waals surface area contributed by atoms with Crippen molar-refractivity contribution in [3.05, 3.63) is 64.7 Å². The zero-order valence-corrected chi connectivity index (χ0v) is 17.4. The molecule has 1 saturated heterocycles. The molecule has 0 radical (unpaired) electrons. The predicted octanol–water partition coefficient (Wildman–Crippen LogP) is 3.60. The molecule has 28 heavy (non-hydrogen) atoms. The summed E-state index contributed by atoms with van der Waals surface area (Å²) in [6.45, 7) is 5.01. The van der Waals surface area contributed by atoms with Gasteiger partial charge in [-0.05, 0) is 62.8 Å². The quantitative estimate of drug-likeness (QED) is 0.754. The Bertz CT molecular complexity index is 954. The smallest absolute Gasteiger partial charge is 0.251 e. The van der Waals surface area contributed by atoms with E-state index in [1.165, 1.54) is 15.4 Å². The number of aryl methyl sites for hydroxylation is 3. The van der Waals surface area contributed by atoms with Gasteiger partial charge in [0.1, 0.15) is 0 Å². The summed E-state index contributed by atoms with van der Waals surface area (Å²) in [4.78, 5) is 12.5. The molecule has 3 rings (SSSR count). The Balaban J connectivity index is 1.62. The van der Waals surface area contributed by atoms with Crippen LogP contribution in [0.2, 0.25) is 0 Å². The Hall–Kier alpha value is -2.34. The van der Waals surface area contributed by atoms with Crippen LogP contribution in [0.25, 0.3) is 0 Å². The van der Waals surface area contributed by atoms with Crippen LogP contribution in [0.4, 0.5) is 5.69 Å². The minimum absolute atomic E-state index is 0.167. The summed E-state index contributed by atoms with van der Waals surface area (Å²) in [6.07, 6.45) is 3.30. The van der Waals surface area contributed by atoms with Crippen molar-refractivity contribution in [2.75, 3.05) is 23.1 Å². The molecule has 2 aromatic carbocycles. The number of hydrogen-bond donors (Lipinski definition) is 1. The average Bonchev–Trinajstić information content (AvgIpc) is 2.65. The van der Waals surface area contributed by atoms with Gasteiger partial charge in [0.05, 0.1) is 11.4 Å². The van der Waals surface area contributed by atoms with Gasteiger partial charge in [-0.25, -0.2) is 8.42 Å². The molecule has 0 aromatic heterocycles. The van der Waals surface area contributed by atoms with Gasteiger partial charge < -0.3 is 5.32 Å². The number of benzene rings is 2. The molecular formula is C22H28N2O3S. The van der Waals surface area contributed by atoms with E-state index in [0.29, 0.717) is 30.8 Å². The molecule has 1 N–H and O–H groups in total. The molecule has 6 heteroatoms. The molecule has 0 aliphatic carbocycles. The first-order valence-electron chi connectivity index (χ1n) is 9.82. The summed E-state index contributed by atoms with van der Waals surface area (Å²) in [6, 6.07) is 13.7. The molecule has 1 aliphatic rings. The second-order valence-corrected chi connectivity index (χ2v) is 9.46. The van der Waals surface area contributed by atoms with Gasteiger partial charge in [-0.1, -0.05) is 35.9 Å². The minimum Gasteiger partial charge on any atom is -0.352 e. The Morgan fingerprint density at radius 2 is 1.93 bits per heavy atom. The molecule has 0 saturated carbocycles. The maximum atomic E-state index is 12.5. The van der Waals surface area contributed by atoms with Gasteiger partial charge in [0.2, 0.25) is 10.0 Å². The van der Waals surface area contributed by atoms with Crippen LogP contribution in [0.3, 0.4) is 0 Å². The molecule has 0 unspecified atom stereocenters. The largest absolute Gasteiger partial charge is 0.352 e. The summed E-state index contributed by atoms with van der Waals surface area (Å²) >= 11 is 0. The third kappa shape index (κ3) is 4.93. The highest BCUT2D eigenvalue weighted by atomic mass is 32.2. The van der Waals surface area contributed by atoms with Crippen LogP contribution in [0, 0.1) is 13.8 Å². The fraction of sp³-hybridized carbons (Fsp3) is 0.409. The van der Waals surface area contributed by atoms with Crippen molar-refractivity contribution < 1.29 is 13.2 Å². The molecule has 1 heterocycles. The lowest BCUT2D eigenvalue weighted by Crippen LogP contribution is -2.38. The van der Waals surface area contributed by atoms with Crippen LogP contribution < -0.4 is 9.62 Å². The molecule has 1 fully saturated rings. The Labute approximate surface area is 167 Å². The van der Waals surface area contributed by atoms with Gasteiger partial charge in [-0.3, -0.25) is 9.10 Å². The van der Waals surface area contributed by atoms with Crippen LogP contribution in [0.1, 0.15) is 46.3 Å². The number of anilines is 1. The summed E-state index contributed by atoms with van der Waals surface area (Å²) in [5.41, 5.74) is 4.48. The topological polar surface area (TPSA) is 66.5 Å². The van der Waals surface area contributed by atoms with Crippen molar-refractivity contribution >= 4 is 21.6 Å². The molecule has 0 spiro atoms. The third-order valence-electron chi connectivity index (χ3n) is 5.10. The molecule has 2 aromatic rings. The van der Waals surface area contributed by atoms with Crippen molar-refractivity contribution in [1.29, 1.82) is 0 Å². The predicted molar refractivity (Wildman–Crippen MR) is 113 cm³/mol. The van der Waals surface area contributed by atoms with E-state index in [2.05, 4.69) is 30.4 Å². The maximum Gasteiger partial charge on any atom is 0.251 e. The van der Waals surface area contributed by atoms with Crippen molar-refractivity contribution in [2.24, 2.45) is 0 Å². The van der Waals surface area contributed by atoms with E-state index in [0.717, 1.165) is 24.8 Å². The third-order valence-corrected chi connectivity index (χ3v) is 6.95. The van der Waals surface area contributed by atoms with Gasteiger partial charge in [0.25, 0.3) is 5.91 Å². The average molecular weight is 401 g/mol. The maximum absolute atomic E-state index is 12.5. The molecular weight excluding hydrogens is 372 g/mol. The number of hydrogen-bond acceptors (Lipinski definition) is 3. The number of carbonyl (C=O) groups is 1. The first-order chi connectivity index (χ1) is 13.4. The van der Waals surface area contributed by atoms with Crippen LogP contribution in [-0.4, -0.2) is 33.2 Å². The number of nitrogens with zero attached hydrogens (tertiary/aromatic N) is 1. The molecule has 0 atom stereocenters. The lowest BCUT2D eigenvalue weighted by atomic mass is 10.1. The van der Waals surface area contributed by atoms with E-state index in [4.69, 9.17) is 0 Å². The summed E-state index contributed by atoms with van der Waals surface area (Å²) < 4.78 is 26.3. The van der Waals surface area contributed by atoms with Gasteiger partial charge >= 0.3 is 0 Å². The zero-order chi connectivity index (χ0) is 20.1. The number of sulfonamides is 1. The van der Waals surface area contributed by atoms with Gasteiger partial charge in [0, 0.05) is 18.7 Å². The Kier molecular flexibility index (Phi) is 6.39. The highest BCUT2D eigenvalue weighted by molar-refractivity contribution is 7.92. The summed E-state index contributed by atoms with van der Waals surface area (Å²) in [5, 5.41) is 2.95. The van der Waals surface area contributed by atoms with Gasteiger partial charge in [-0.2, -0.15) is 0 Å². The van der Waals surface area contributed by atoms with Crippen molar-refractivity contribution in [2.45, 2.75) is 39.5 Å². The van der Waals surface area contributed by atoms with Gasteiger partial charge in [0.15, 0.2) is 0 Å². The van der Waals surface area contributed by atoms with Crippen molar-refractivity contribution in [3.8, 4) is 0 Å². The summed E-state index contributed by atoms with van der Waals surface area (Å²) in [5.74, 6) is 0.00172. The standard InChI is InChI=1S/C22H28N2O3S/c1-17-7-5-8-19(15-17)9-6-12-23-22(25)20-11-10-18(2)21(16-20)24-13-3-4-14-28(24,26)27/h5,7-8,10-11,15-16H,3-4,6,9,12-14H2,1-2H3,(H,23,25). The van der Waals surface area contributed by atoms with Crippen molar-refractivity contribution in [3.63, 3.8) is 0 Å². The number of carbonyl (C=O) groups excluding carboxylic acids is 1. The molecule has 1 aliphatic heterocycles. The van der Waals surface area contributed by atoms with Crippen molar-refractivity contribution in [1.82, 2.24) is 5.32 Å². The van der Waals surface area contributed by atoms with E-state index in [1.807, 2.05) is 19.1 Å². The Morgan fingerprint density at radius 1 is 1.11 bits per heavy atom. The van der Waals surface area contributed by atoms with E-state index in [1.54, 1.807) is 12.1 Å². The highest BCUT2D eigenvalue weighted by Crippen LogP contribution is 2.28. The van der Waals surface area contributed by atoms with Crippen LogP contribution in [0.5, 0.6) is 0 Å². The monoisotopic (exact) mass is 400 g/mol. The first kappa shape index (κ1) is 20.4. The molecule has 150 valence electrons. The van der Waals surface area contributed by atoms with E-state index >= 15 is 0 Å². The highest BCUT2D eigenvalue weighted by Gasteiger charge is 2.27. The summed E-state index contributed by atoms with van der Waals surface area (Å²) in [7, 11) is -3.30. The fourth-order valence-electron chi connectivity index (χ4n) is 3.54. The lowest BCUT2D eigenvalue weighted by Gasteiger charge is -2.29. The number of nitrogens with one attached hydrogen (secondary N) is 1. The SMILES string of the molecule is Cc1cccc(CCCNC(=O)c2ccc(C)c(N3CCCCS3(=O)=O)c2)c1. The zero-order valence-electron chi connectivity index (χ0n) is 16.6. The fourth-order valence-corrected chi connectivity index (χ4v) is 5.24. The molecule has 1 amide bonds. The van der Waals surface area contributed by atoms with Crippen LogP contribution in [-0.2, 0) is 16.4 Å². The second-order valence-electron chi connectivity index (χ2n) is 7.45. The van der Waals surface area contributed by atoms with Crippen LogP contribution >= 0.6 is 0 Å². The van der Waals surface area contributed by atoms with Gasteiger partial charge in [-0.15, -0.1) is 0 Å².